The number of hydrogen-bond acceptors (Lipinski definition) is 4. The lowest BCUT2D eigenvalue weighted by Gasteiger charge is -2.11. The van der Waals surface area contributed by atoms with E-state index in [4.69, 9.17) is 10.5 Å². The number of carbonyl (C=O) groups is 2. The van der Waals surface area contributed by atoms with E-state index in [1.165, 1.54) is 0 Å². The number of carbonyl (C=O) groups excluding carboxylic acids is 2. The Kier molecular flexibility index (Phi) is 3.93. The fourth-order valence-corrected chi connectivity index (χ4v) is 2.37. The minimum absolute atomic E-state index is 0.135. The monoisotopic (exact) mass is 306 g/mol. The van der Waals surface area contributed by atoms with Crippen LogP contribution in [0.3, 0.4) is 0 Å². The molecule has 3 rings (SSSR count). The minimum atomic E-state index is -0.670. The topological polar surface area (TPSA) is 81.4 Å². The van der Waals surface area contributed by atoms with Gasteiger partial charge in [-0.1, -0.05) is 42.5 Å². The van der Waals surface area contributed by atoms with E-state index in [2.05, 4.69) is 5.32 Å². The van der Waals surface area contributed by atoms with E-state index in [0.717, 1.165) is 5.39 Å². The van der Waals surface area contributed by atoms with Gasteiger partial charge in [0.1, 0.15) is 0 Å². The molecule has 0 radical (unpaired) electrons. The van der Waals surface area contributed by atoms with Crippen molar-refractivity contribution in [2.24, 2.45) is 5.73 Å². The van der Waals surface area contributed by atoms with Gasteiger partial charge in [-0.15, -0.1) is 0 Å². The van der Waals surface area contributed by atoms with Crippen LogP contribution >= 0.6 is 0 Å². The van der Waals surface area contributed by atoms with E-state index in [0.29, 0.717) is 5.39 Å². The SMILES string of the molecule is NC(=O)c1c(C(=O)OC2=CC=CC=CN2)ccc2ccccc12. The quantitative estimate of drug-likeness (QED) is 0.854. The van der Waals surface area contributed by atoms with Gasteiger partial charge in [-0.3, -0.25) is 4.79 Å². The highest BCUT2D eigenvalue weighted by molar-refractivity contribution is 6.14. The summed E-state index contributed by atoms with van der Waals surface area (Å²) in [5.41, 5.74) is 5.77. The molecular formula is C18H14N2O3. The van der Waals surface area contributed by atoms with Crippen LogP contribution in [0.2, 0.25) is 0 Å². The maximum absolute atomic E-state index is 12.4. The molecule has 0 saturated heterocycles. The van der Waals surface area contributed by atoms with Crippen molar-refractivity contribution in [3.8, 4) is 0 Å². The summed E-state index contributed by atoms with van der Waals surface area (Å²) < 4.78 is 5.30. The Bertz CT molecular complexity index is 879. The Balaban J connectivity index is 2.02. The summed E-state index contributed by atoms with van der Waals surface area (Å²) in [6, 6.07) is 10.5. The van der Waals surface area contributed by atoms with Crippen LogP contribution in [0.15, 0.2) is 72.8 Å². The van der Waals surface area contributed by atoms with Gasteiger partial charge in [-0.25, -0.2) is 4.79 Å². The highest BCUT2D eigenvalue weighted by Crippen LogP contribution is 2.23. The molecule has 0 aromatic heterocycles. The third kappa shape index (κ3) is 2.98. The van der Waals surface area contributed by atoms with Crippen LogP contribution in [0.25, 0.3) is 10.8 Å². The van der Waals surface area contributed by atoms with Crippen LogP contribution in [0.4, 0.5) is 0 Å². The van der Waals surface area contributed by atoms with E-state index >= 15 is 0 Å². The molecule has 1 heterocycles. The molecule has 0 fully saturated rings. The third-order valence-electron chi connectivity index (χ3n) is 3.39. The summed E-state index contributed by atoms with van der Waals surface area (Å²) in [5.74, 6) is -1.05. The second-order valence-corrected chi connectivity index (χ2v) is 4.88. The van der Waals surface area contributed by atoms with Gasteiger partial charge in [0.15, 0.2) is 0 Å². The number of nitrogens with two attached hydrogens (primary N) is 1. The van der Waals surface area contributed by atoms with Crippen molar-refractivity contribution in [2.75, 3.05) is 0 Å². The van der Waals surface area contributed by atoms with Crippen molar-refractivity contribution in [3.63, 3.8) is 0 Å². The number of ether oxygens (including phenoxy) is 1. The van der Waals surface area contributed by atoms with Crippen LogP contribution in [-0.4, -0.2) is 11.9 Å². The predicted octanol–water partition coefficient (Wildman–Crippen LogP) is 2.61. The molecule has 1 aliphatic rings. The van der Waals surface area contributed by atoms with Crippen molar-refractivity contribution in [1.29, 1.82) is 0 Å². The fraction of sp³-hybridized carbons (Fsp3) is 0. The van der Waals surface area contributed by atoms with E-state index in [-0.39, 0.29) is 17.0 Å². The molecule has 2 aromatic rings. The van der Waals surface area contributed by atoms with Gasteiger partial charge in [-0.2, -0.15) is 0 Å². The van der Waals surface area contributed by atoms with Crippen molar-refractivity contribution >= 4 is 22.6 Å². The zero-order valence-electron chi connectivity index (χ0n) is 12.2. The highest BCUT2D eigenvalue weighted by atomic mass is 16.5. The molecule has 1 amide bonds. The number of allylic oxidation sites excluding steroid dienone is 4. The van der Waals surface area contributed by atoms with Crippen LogP contribution in [-0.2, 0) is 4.74 Å². The fourth-order valence-electron chi connectivity index (χ4n) is 2.37. The molecule has 0 spiro atoms. The Hall–Kier alpha value is -3.34. The molecule has 0 unspecified atom stereocenters. The number of benzene rings is 2. The summed E-state index contributed by atoms with van der Waals surface area (Å²) in [6.07, 6.45) is 8.54. The lowest BCUT2D eigenvalue weighted by atomic mass is 9.98. The molecule has 0 saturated carbocycles. The van der Waals surface area contributed by atoms with Crippen LogP contribution < -0.4 is 11.1 Å². The van der Waals surface area contributed by atoms with Gasteiger partial charge in [0.25, 0.3) is 0 Å². The second-order valence-electron chi connectivity index (χ2n) is 4.88. The van der Waals surface area contributed by atoms with Gasteiger partial charge < -0.3 is 15.8 Å². The number of fused-ring (bicyclic) bond motifs is 1. The Morgan fingerprint density at radius 1 is 1.00 bits per heavy atom. The molecule has 2 aromatic carbocycles. The molecule has 0 aliphatic carbocycles. The molecule has 23 heavy (non-hydrogen) atoms. The van der Waals surface area contributed by atoms with Crippen molar-refractivity contribution in [1.82, 2.24) is 5.32 Å². The Morgan fingerprint density at radius 2 is 1.83 bits per heavy atom. The van der Waals surface area contributed by atoms with Crippen molar-refractivity contribution in [3.05, 3.63) is 83.9 Å². The van der Waals surface area contributed by atoms with Crippen molar-refractivity contribution in [2.45, 2.75) is 0 Å². The largest absolute Gasteiger partial charge is 0.406 e. The molecular weight excluding hydrogens is 292 g/mol. The first-order chi connectivity index (χ1) is 11.2. The smallest absolute Gasteiger partial charge is 0.345 e. The van der Waals surface area contributed by atoms with Gasteiger partial charge in [0.05, 0.1) is 11.1 Å². The summed E-state index contributed by atoms with van der Waals surface area (Å²) in [7, 11) is 0. The maximum Gasteiger partial charge on any atom is 0.345 e. The maximum atomic E-state index is 12.4. The predicted molar refractivity (Wildman–Crippen MR) is 87.4 cm³/mol. The van der Waals surface area contributed by atoms with Gasteiger partial charge in [0.2, 0.25) is 11.8 Å². The third-order valence-corrected chi connectivity index (χ3v) is 3.39. The molecule has 114 valence electrons. The zero-order valence-corrected chi connectivity index (χ0v) is 12.2. The van der Waals surface area contributed by atoms with E-state index < -0.39 is 11.9 Å². The van der Waals surface area contributed by atoms with E-state index in [9.17, 15) is 9.59 Å². The highest BCUT2D eigenvalue weighted by Gasteiger charge is 2.20. The van der Waals surface area contributed by atoms with Crippen molar-refractivity contribution < 1.29 is 14.3 Å². The lowest BCUT2D eigenvalue weighted by molar-refractivity contribution is 0.0605. The zero-order chi connectivity index (χ0) is 16.2. The summed E-state index contributed by atoms with van der Waals surface area (Å²) in [6.45, 7) is 0. The van der Waals surface area contributed by atoms with Gasteiger partial charge in [-0.05, 0) is 29.0 Å². The average molecular weight is 306 g/mol. The first-order valence-corrected chi connectivity index (χ1v) is 7.00. The van der Waals surface area contributed by atoms with E-state index in [1.807, 2.05) is 12.1 Å². The minimum Gasteiger partial charge on any atom is -0.406 e. The van der Waals surface area contributed by atoms with Crippen LogP contribution in [0, 0.1) is 0 Å². The normalized spacial score (nSPS) is 13.1. The number of esters is 1. The van der Waals surface area contributed by atoms with Crippen LogP contribution in [0.5, 0.6) is 0 Å². The van der Waals surface area contributed by atoms with Crippen LogP contribution in [0.1, 0.15) is 20.7 Å². The lowest BCUT2D eigenvalue weighted by Crippen LogP contribution is -2.20. The molecule has 1 aliphatic heterocycles. The average Bonchev–Trinajstić information content (AvgIpc) is 2.82. The Morgan fingerprint density at radius 3 is 2.65 bits per heavy atom. The molecule has 5 heteroatoms. The number of nitrogens with one attached hydrogen (secondary N) is 1. The first kappa shape index (κ1) is 14.6. The number of amides is 1. The standard InChI is InChI=1S/C18H14N2O3/c19-17(21)16-13-7-4-3-6-12(13)9-10-14(16)18(22)23-15-8-2-1-5-11-20-15/h1-11,20H,(H2,19,21). The molecule has 3 N–H and O–H groups in total. The summed E-state index contributed by atoms with van der Waals surface area (Å²) >= 11 is 0. The number of primary amides is 1. The molecule has 0 atom stereocenters. The molecule has 0 bridgehead atoms. The second kappa shape index (κ2) is 6.19. The summed E-state index contributed by atoms with van der Waals surface area (Å²) in [4.78, 5) is 24.3. The number of rotatable bonds is 3. The first-order valence-electron chi connectivity index (χ1n) is 7.00. The van der Waals surface area contributed by atoms with Gasteiger partial charge >= 0.3 is 5.97 Å². The molecule has 5 nitrogen and oxygen atoms in total. The van der Waals surface area contributed by atoms with E-state index in [1.54, 1.807) is 54.8 Å². The summed E-state index contributed by atoms with van der Waals surface area (Å²) in [5, 5.41) is 4.28. The van der Waals surface area contributed by atoms with Gasteiger partial charge in [0, 0.05) is 6.20 Å². The Labute approximate surface area is 132 Å². The number of hydrogen-bond donors (Lipinski definition) is 2.